The van der Waals surface area contributed by atoms with Gasteiger partial charge in [-0.2, -0.15) is 0 Å². The molecule has 1 fully saturated rings. The van der Waals surface area contributed by atoms with E-state index in [1.807, 2.05) is 41.3 Å². The highest BCUT2D eigenvalue weighted by Crippen LogP contribution is 2.44. The molecule has 3 heterocycles. The number of nitrogens with zero attached hydrogens (tertiary/aromatic N) is 3. The topological polar surface area (TPSA) is 93.7 Å². The van der Waals surface area contributed by atoms with Gasteiger partial charge in [-0.3, -0.25) is 15.1 Å². The number of nitro benzene ring substituents is 1. The predicted molar refractivity (Wildman–Crippen MR) is 137 cm³/mol. The molecule has 2 aromatic carbocycles. The Kier molecular flexibility index (Phi) is 6.10. The van der Waals surface area contributed by atoms with Gasteiger partial charge < -0.3 is 19.4 Å². The quantitative estimate of drug-likeness (QED) is 0.191. The Bertz CT molecular complexity index is 1390. The van der Waals surface area contributed by atoms with Crippen LogP contribution in [0.4, 0.5) is 11.4 Å². The average molecular weight is 507 g/mol. The molecule has 2 atom stereocenters. The summed E-state index contributed by atoms with van der Waals surface area (Å²) in [6.45, 7) is 0. The number of rotatable bonds is 6. The number of non-ortho nitro benzene ring substituents is 1. The number of nitrogens with one attached hydrogen (secondary N) is 1. The highest BCUT2D eigenvalue weighted by Gasteiger charge is 2.42. The molecule has 1 saturated heterocycles. The summed E-state index contributed by atoms with van der Waals surface area (Å²) in [7, 11) is 1.56. The van der Waals surface area contributed by atoms with Gasteiger partial charge in [0.05, 0.1) is 28.8 Å². The Balaban J connectivity index is 1.57. The Morgan fingerprint density at radius 1 is 1.14 bits per heavy atom. The Labute approximate surface area is 211 Å². The third-order valence-electron chi connectivity index (χ3n) is 5.79. The van der Waals surface area contributed by atoms with Crippen molar-refractivity contribution in [3.05, 3.63) is 106 Å². The molecular formula is C25H19ClN4O4S. The number of hydrogen-bond donors (Lipinski definition) is 1. The van der Waals surface area contributed by atoms with Gasteiger partial charge in [-0.1, -0.05) is 17.7 Å². The predicted octanol–water partition coefficient (Wildman–Crippen LogP) is 6.09. The van der Waals surface area contributed by atoms with Gasteiger partial charge in [0.2, 0.25) is 0 Å². The normalized spacial score (nSPS) is 17.3. The molecular weight excluding hydrogens is 488 g/mol. The van der Waals surface area contributed by atoms with Crippen LogP contribution in [0, 0.1) is 10.1 Å². The molecule has 1 aliphatic rings. The van der Waals surface area contributed by atoms with Crippen LogP contribution < -0.4 is 15.0 Å². The first-order chi connectivity index (χ1) is 17.0. The fourth-order valence-electron chi connectivity index (χ4n) is 4.14. The maximum atomic E-state index is 11.0. The van der Waals surface area contributed by atoms with Crippen LogP contribution in [0.15, 0.2) is 83.4 Å². The summed E-state index contributed by atoms with van der Waals surface area (Å²) in [5, 5.41) is 15.3. The van der Waals surface area contributed by atoms with Crippen molar-refractivity contribution in [2.45, 2.75) is 12.1 Å². The van der Waals surface area contributed by atoms with Gasteiger partial charge in [0.1, 0.15) is 23.3 Å². The third-order valence-corrected chi connectivity index (χ3v) is 6.40. The van der Waals surface area contributed by atoms with Crippen molar-refractivity contribution >= 4 is 40.3 Å². The van der Waals surface area contributed by atoms with Crippen molar-refractivity contribution in [1.82, 2.24) is 10.3 Å². The summed E-state index contributed by atoms with van der Waals surface area (Å²) in [6, 6.07) is 20.5. The fourth-order valence-corrected chi connectivity index (χ4v) is 4.74. The smallest absolute Gasteiger partial charge is 0.269 e. The summed E-state index contributed by atoms with van der Waals surface area (Å²) in [5.41, 5.74) is 2.31. The molecule has 8 nitrogen and oxygen atoms in total. The summed E-state index contributed by atoms with van der Waals surface area (Å²) in [5.74, 6) is 1.79. The summed E-state index contributed by atoms with van der Waals surface area (Å²) in [6.07, 6.45) is 1.73. The number of thiocarbonyl (C=S) groups is 1. The molecule has 0 radical (unpaired) electrons. The first-order valence-corrected chi connectivity index (χ1v) is 11.4. The lowest BCUT2D eigenvalue weighted by Crippen LogP contribution is -2.29. The third kappa shape index (κ3) is 4.31. The molecule has 4 aromatic rings. The van der Waals surface area contributed by atoms with Gasteiger partial charge in [0, 0.05) is 29.6 Å². The SMILES string of the molecule is COc1ccc(N2C(=S)N[C@H](c3ccccn3)[C@@H]2c2ccc(-c3ccc([N+](=O)[O-])cc3)o2)cc1Cl. The van der Waals surface area contributed by atoms with Crippen LogP contribution in [0.2, 0.25) is 5.02 Å². The van der Waals surface area contributed by atoms with E-state index in [9.17, 15) is 10.1 Å². The second kappa shape index (κ2) is 9.36. The molecule has 1 N–H and O–H groups in total. The van der Waals surface area contributed by atoms with E-state index in [-0.39, 0.29) is 17.8 Å². The van der Waals surface area contributed by atoms with E-state index in [2.05, 4.69) is 10.3 Å². The Hall–Kier alpha value is -3.95. The lowest BCUT2D eigenvalue weighted by Gasteiger charge is -2.26. The minimum atomic E-state index is -0.433. The number of aromatic nitrogens is 1. The second-order valence-corrected chi connectivity index (χ2v) is 8.62. The van der Waals surface area contributed by atoms with Gasteiger partial charge in [0.15, 0.2) is 5.11 Å². The number of anilines is 1. The minimum Gasteiger partial charge on any atom is -0.495 e. The number of furan rings is 1. The number of halogens is 1. The summed E-state index contributed by atoms with van der Waals surface area (Å²) in [4.78, 5) is 17.0. The molecule has 0 bridgehead atoms. The van der Waals surface area contributed by atoms with E-state index in [4.69, 9.17) is 33.0 Å². The largest absolute Gasteiger partial charge is 0.495 e. The summed E-state index contributed by atoms with van der Waals surface area (Å²) < 4.78 is 11.6. The van der Waals surface area contributed by atoms with Crippen LogP contribution in [0.5, 0.6) is 5.75 Å². The highest BCUT2D eigenvalue weighted by molar-refractivity contribution is 7.80. The lowest BCUT2D eigenvalue weighted by molar-refractivity contribution is -0.384. The van der Waals surface area contributed by atoms with Crippen molar-refractivity contribution < 1.29 is 14.1 Å². The zero-order chi connectivity index (χ0) is 24.5. The first-order valence-electron chi connectivity index (χ1n) is 10.6. The Morgan fingerprint density at radius 3 is 2.60 bits per heavy atom. The van der Waals surface area contributed by atoms with E-state index in [0.29, 0.717) is 27.4 Å². The van der Waals surface area contributed by atoms with Crippen molar-refractivity contribution in [3.8, 4) is 17.1 Å². The minimum absolute atomic E-state index is 0.0173. The standard InChI is InChI=1S/C25H19ClN4O4S/c1-33-21-10-9-17(14-18(21)26)29-24(23(28-25(29)35)19-4-2-3-13-27-19)22-12-11-20(34-22)15-5-7-16(8-6-15)30(31)32/h2-14,23-24H,1H3,(H,28,35)/t23-,24+/m1/s1. The molecule has 0 saturated carbocycles. The van der Waals surface area contributed by atoms with E-state index in [0.717, 1.165) is 16.9 Å². The number of hydrogen-bond acceptors (Lipinski definition) is 6. The van der Waals surface area contributed by atoms with Gasteiger partial charge in [-0.25, -0.2) is 0 Å². The lowest BCUT2D eigenvalue weighted by atomic mass is 10.0. The van der Waals surface area contributed by atoms with Crippen LogP contribution in [0.25, 0.3) is 11.3 Å². The maximum absolute atomic E-state index is 11.0. The monoisotopic (exact) mass is 506 g/mol. The molecule has 0 unspecified atom stereocenters. The number of pyridine rings is 1. The van der Waals surface area contributed by atoms with Crippen molar-refractivity contribution in [1.29, 1.82) is 0 Å². The van der Waals surface area contributed by atoms with E-state index < -0.39 is 4.92 Å². The van der Waals surface area contributed by atoms with Crippen LogP contribution in [0.3, 0.4) is 0 Å². The number of ether oxygens (including phenoxy) is 1. The highest BCUT2D eigenvalue weighted by atomic mass is 35.5. The van der Waals surface area contributed by atoms with Gasteiger partial charge >= 0.3 is 0 Å². The molecule has 5 rings (SSSR count). The van der Waals surface area contributed by atoms with Crippen molar-refractivity contribution in [2.75, 3.05) is 12.0 Å². The Morgan fingerprint density at radius 2 is 1.94 bits per heavy atom. The molecule has 0 amide bonds. The number of nitro groups is 1. The average Bonchev–Trinajstić information content (AvgIpc) is 3.49. The second-order valence-electron chi connectivity index (χ2n) is 7.82. The molecule has 35 heavy (non-hydrogen) atoms. The zero-order valence-electron chi connectivity index (χ0n) is 18.4. The molecule has 10 heteroatoms. The first kappa shape index (κ1) is 22.8. The fraction of sp³-hybridized carbons (Fsp3) is 0.120. The van der Waals surface area contributed by atoms with Crippen LogP contribution in [0.1, 0.15) is 23.5 Å². The van der Waals surface area contributed by atoms with E-state index in [1.54, 1.807) is 37.6 Å². The molecule has 0 spiro atoms. The molecule has 0 aliphatic carbocycles. The number of methoxy groups -OCH3 is 1. The number of benzene rings is 2. The zero-order valence-corrected chi connectivity index (χ0v) is 20.0. The molecule has 176 valence electrons. The van der Waals surface area contributed by atoms with Crippen LogP contribution >= 0.6 is 23.8 Å². The van der Waals surface area contributed by atoms with E-state index >= 15 is 0 Å². The van der Waals surface area contributed by atoms with Gasteiger partial charge in [-0.05, 0) is 66.8 Å². The molecule has 2 aromatic heterocycles. The van der Waals surface area contributed by atoms with Crippen molar-refractivity contribution in [2.24, 2.45) is 0 Å². The van der Waals surface area contributed by atoms with Gasteiger partial charge in [-0.15, -0.1) is 0 Å². The summed E-state index contributed by atoms with van der Waals surface area (Å²) >= 11 is 12.2. The van der Waals surface area contributed by atoms with E-state index in [1.165, 1.54) is 12.1 Å². The molecule has 1 aliphatic heterocycles. The maximum Gasteiger partial charge on any atom is 0.269 e. The van der Waals surface area contributed by atoms with Gasteiger partial charge in [0.25, 0.3) is 5.69 Å². The van der Waals surface area contributed by atoms with Crippen LogP contribution in [-0.4, -0.2) is 22.1 Å². The van der Waals surface area contributed by atoms with Crippen molar-refractivity contribution in [3.63, 3.8) is 0 Å². The van der Waals surface area contributed by atoms with Crippen LogP contribution in [-0.2, 0) is 0 Å².